The summed E-state index contributed by atoms with van der Waals surface area (Å²) >= 11 is 0. The van der Waals surface area contributed by atoms with E-state index in [-0.39, 0.29) is 0 Å². The molecule has 0 spiro atoms. The van der Waals surface area contributed by atoms with E-state index in [1.165, 1.54) is 11.1 Å². The first-order valence-electron chi connectivity index (χ1n) is 6.45. The lowest BCUT2D eigenvalue weighted by Gasteiger charge is -2.33. The van der Waals surface area contributed by atoms with Crippen LogP contribution in [0.1, 0.15) is 61.1 Å². The average molecular weight is 250 g/mol. The second-order valence-corrected chi connectivity index (χ2v) is 6.37. The van der Waals surface area contributed by atoms with Gasteiger partial charge in [-0.25, -0.2) is 0 Å². The van der Waals surface area contributed by atoms with Crippen LogP contribution in [0.3, 0.4) is 0 Å². The predicted octanol–water partition coefficient (Wildman–Crippen LogP) is 3.38. The molecule has 2 heteroatoms. The molecule has 0 saturated heterocycles. The van der Waals surface area contributed by atoms with E-state index >= 15 is 0 Å². The summed E-state index contributed by atoms with van der Waals surface area (Å²) < 4.78 is 0. The lowest BCUT2D eigenvalue weighted by Crippen LogP contribution is -2.29. The van der Waals surface area contributed by atoms with Gasteiger partial charge in [-0.15, -0.1) is 0 Å². The fourth-order valence-corrected chi connectivity index (χ4v) is 2.84. The standard InChI is InChI=1S/C16H26O2/c1-9-10(2)12(4)14(16(7,8)18)13(11(9)3)15(5,6)17/h17-18H,1-8H3. The molecule has 1 rings (SSSR count). The van der Waals surface area contributed by atoms with Crippen LogP contribution in [-0.2, 0) is 11.2 Å². The molecule has 0 radical (unpaired) electrons. The zero-order chi connectivity index (χ0) is 14.5. The van der Waals surface area contributed by atoms with E-state index in [0.717, 1.165) is 22.3 Å². The van der Waals surface area contributed by atoms with Gasteiger partial charge in [0.1, 0.15) is 0 Å². The van der Waals surface area contributed by atoms with Crippen molar-refractivity contribution in [3.8, 4) is 0 Å². The highest BCUT2D eigenvalue weighted by atomic mass is 16.3. The Hall–Kier alpha value is -0.860. The highest BCUT2D eigenvalue weighted by Crippen LogP contribution is 2.39. The zero-order valence-electron chi connectivity index (χ0n) is 12.9. The molecule has 0 aliphatic heterocycles. The molecule has 0 fully saturated rings. The van der Waals surface area contributed by atoms with Gasteiger partial charge in [0.05, 0.1) is 11.2 Å². The third-order valence-electron chi connectivity index (χ3n) is 3.91. The summed E-state index contributed by atoms with van der Waals surface area (Å²) in [6.07, 6.45) is 0. The van der Waals surface area contributed by atoms with Crippen molar-refractivity contribution < 1.29 is 10.2 Å². The maximum absolute atomic E-state index is 10.4. The Labute approximate surface area is 111 Å². The Balaban J connectivity index is 3.89. The van der Waals surface area contributed by atoms with Crippen LogP contribution in [-0.4, -0.2) is 10.2 Å². The van der Waals surface area contributed by atoms with Gasteiger partial charge in [0.15, 0.2) is 0 Å². The summed E-state index contributed by atoms with van der Waals surface area (Å²) in [5, 5.41) is 20.9. The Bertz CT molecular complexity index is 427. The van der Waals surface area contributed by atoms with Crippen LogP contribution in [0, 0.1) is 27.7 Å². The number of hydrogen-bond acceptors (Lipinski definition) is 2. The third-order valence-corrected chi connectivity index (χ3v) is 3.91. The Morgan fingerprint density at radius 1 is 0.556 bits per heavy atom. The van der Waals surface area contributed by atoms with Crippen LogP contribution in [0.2, 0.25) is 0 Å². The van der Waals surface area contributed by atoms with Crippen molar-refractivity contribution in [2.24, 2.45) is 0 Å². The lowest BCUT2D eigenvalue weighted by molar-refractivity contribution is 0.0512. The van der Waals surface area contributed by atoms with Gasteiger partial charge in [-0.3, -0.25) is 0 Å². The molecular weight excluding hydrogens is 224 g/mol. The SMILES string of the molecule is Cc1c(C)c(C)c(C(C)(C)O)c(C(C)(C)O)c1C. The molecule has 2 N–H and O–H groups in total. The fraction of sp³-hybridized carbons (Fsp3) is 0.625. The third kappa shape index (κ3) is 2.45. The van der Waals surface area contributed by atoms with Crippen LogP contribution >= 0.6 is 0 Å². The van der Waals surface area contributed by atoms with Crippen LogP contribution < -0.4 is 0 Å². The summed E-state index contributed by atoms with van der Waals surface area (Å²) in [6.45, 7) is 15.3. The molecule has 0 unspecified atom stereocenters. The maximum Gasteiger partial charge on any atom is 0.0847 e. The molecule has 0 amide bonds. The molecule has 0 atom stereocenters. The van der Waals surface area contributed by atoms with E-state index in [4.69, 9.17) is 0 Å². The smallest absolute Gasteiger partial charge is 0.0847 e. The highest BCUT2D eigenvalue weighted by Gasteiger charge is 2.32. The second-order valence-electron chi connectivity index (χ2n) is 6.37. The van der Waals surface area contributed by atoms with E-state index in [1.807, 2.05) is 13.8 Å². The van der Waals surface area contributed by atoms with Crippen molar-refractivity contribution in [1.29, 1.82) is 0 Å². The number of hydrogen-bond donors (Lipinski definition) is 2. The summed E-state index contributed by atoms with van der Waals surface area (Å²) in [5.41, 5.74) is 4.33. The first-order valence-corrected chi connectivity index (χ1v) is 6.45. The Morgan fingerprint density at radius 2 is 0.778 bits per heavy atom. The largest absolute Gasteiger partial charge is 0.386 e. The van der Waals surface area contributed by atoms with Crippen molar-refractivity contribution >= 4 is 0 Å². The van der Waals surface area contributed by atoms with Crippen molar-refractivity contribution in [2.45, 2.75) is 66.6 Å². The molecule has 0 bridgehead atoms. The fourth-order valence-electron chi connectivity index (χ4n) is 2.84. The quantitative estimate of drug-likeness (QED) is 0.845. The Kier molecular flexibility index (Phi) is 3.68. The normalized spacial score (nSPS) is 13.0. The van der Waals surface area contributed by atoms with Gasteiger partial charge in [0.2, 0.25) is 0 Å². The minimum atomic E-state index is -0.956. The molecule has 0 aromatic heterocycles. The van der Waals surface area contributed by atoms with Crippen molar-refractivity contribution in [1.82, 2.24) is 0 Å². The van der Waals surface area contributed by atoms with Crippen LogP contribution in [0.15, 0.2) is 0 Å². The van der Waals surface area contributed by atoms with Gasteiger partial charge < -0.3 is 10.2 Å². The van der Waals surface area contributed by atoms with Crippen LogP contribution in [0.25, 0.3) is 0 Å². The van der Waals surface area contributed by atoms with Gasteiger partial charge in [-0.2, -0.15) is 0 Å². The first kappa shape index (κ1) is 15.2. The molecule has 0 heterocycles. The monoisotopic (exact) mass is 250 g/mol. The van der Waals surface area contributed by atoms with Gasteiger partial charge in [0, 0.05) is 0 Å². The molecule has 0 saturated carbocycles. The second kappa shape index (κ2) is 4.36. The molecule has 1 aromatic carbocycles. The van der Waals surface area contributed by atoms with Crippen molar-refractivity contribution in [3.63, 3.8) is 0 Å². The predicted molar refractivity (Wildman–Crippen MR) is 75.9 cm³/mol. The van der Waals surface area contributed by atoms with E-state index in [9.17, 15) is 10.2 Å². The summed E-state index contributed by atoms with van der Waals surface area (Å²) in [4.78, 5) is 0. The number of rotatable bonds is 2. The summed E-state index contributed by atoms with van der Waals surface area (Å²) in [5.74, 6) is 0. The average Bonchev–Trinajstić information content (AvgIpc) is 2.16. The highest BCUT2D eigenvalue weighted by molar-refractivity contribution is 5.53. The van der Waals surface area contributed by atoms with E-state index in [2.05, 4.69) is 13.8 Å². The lowest BCUT2D eigenvalue weighted by atomic mass is 9.77. The minimum absolute atomic E-state index is 0.857. The molecule has 1 aromatic rings. The first-order chi connectivity index (χ1) is 7.89. The summed E-state index contributed by atoms with van der Waals surface area (Å²) in [6, 6.07) is 0. The van der Waals surface area contributed by atoms with E-state index in [0.29, 0.717) is 0 Å². The van der Waals surface area contributed by atoms with Crippen molar-refractivity contribution in [3.05, 3.63) is 33.4 Å². The molecule has 2 nitrogen and oxygen atoms in total. The number of benzene rings is 1. The van der Waals surface area contributed by atoms with Crippen LogP contribution in [0.5, 0.6) is 0 Å². The molecule has 18 heavy (non-hydrogen) atoms. The Morgan fingerprint density at radius 3 is 0.944 bits per heavy atom. The van der Waals surface area contributed by atoms with E-state index < -0.39 is 11.2 Å². The molecule has 0 aliphatic carbocycles. The van der Waals surface area contributed by atoms with Gasteiger partial charge in [-0.05, 0) is 88.8 Å². The molecule has 0 aliphatic rings. The molecule has 102 valence electrons. The van der Waals surface area contributed by atoms with Crippen LogP contribution in [0.4, 0.5) is 0 Å². The summed E-state index contributed by atoms with van der Waals surface area (Å²) in [7, 11) is 0. The molecular formula is C16H26O2. The zero-order valence-corrected chi connectivity index (χ0v) is 12.9. The number of aliphatic hydroxyl groups is 2. The van der Waals surface area contributed by atoms with Gasteiger partial charge in [0.25, 0.3) is 0 Å². The van der Waals surface area contributed by atoms with Gasteiger partial charge in [-0.1, -0.05) is 0 Å². The maximum atomic E-state index is 10.4. The van der Waals surface area contributed by atoms with Gasteiger partial charge >= 0.3 is 0 Å². The van der Waals surface area contributed by atoms with Crippen molar-refractivity contribution in [2.75, 3.05) is 0 Å². The van der Waals surface area contributed by atoms with E-state index in [1.54, 1.807) is 27.7 Å². The minimum Gasteiger partial charge on any atom is -0.386 e. The topological polar surface area (TPSA) is 40.5 Å².